The lowest BCUT2D eigenvalue weighted by Gasteiger charge is -2.18. The summed E-state index contributed by atoms with van der Waals surface area (Å²) in [5.41, 5.74) is 2.51. The molecule has 1 unspecified atom stereocenters. The first-order valence-electron chi connectivity index (χ1n) is 7.81. The lowest BCUT2D eigenvalue weighted by Crippen LogP contribution is -2.22. The number of benzene rings is 1. The van der Waals surface area contributed by atoms with Gasteiger partial charge < -0.3 is 10.2 Å². The maximum Gasteiger partial charge on any atom is 0.0659 e. The van der Waals surface area contributed by atoms with E-state index in [1.165, 1.54) is 43.6 Å². The van der Waals surface area contributed by atoms with Crippen LogP contribution in [0.2, 0.25) is 0 Å². The average Bonchev–Trinajstić information content (AvgIpc) is 2.91. The summed E-state index contributed by atoms with van der Waals surface area (Å²) in [6.07, 6.45) is 7.59. The van der Waals surface area contributed by atoms with Crippen LogP contribution in [0.4, 0.5) is 5.69 Å². The maximum absolute atomic E-state index is 4.24. The molecule has 1 fully saturated rings. The molecule has 112 valence electrons. The quantitative estimate of drug-likeness (QED) is 0.937. The zero-order valence-electron chi connectivity index (χ0n) is 12.7. The number of nitrogens with one attached hydrogen (secondary N) is 1. The van der Waals surface area contributed by atoms with Gasteiger partial charge in [-0.25, -0.2) is 0 Å². The van der Waals surface area contributed by atoms with Crippen molar-refractivity contribution in [3.63, 3.8) is 0 Å². The average molecular weight is 284 g/mol. The molecular weight excluding hydrogens is 260 g/mol. The van der Waals surface area contributed by atoms with Crippen LogP contribution >= 0.6 is 0 Å². The van der Waals surface area contributed by atoms with Gasteiger partial charge in [-0.05, 0) is 63.2 Å². The molecule has 4 heteroatoms. The van der Waals surface area contributed by atoms with Gasteiger partial charge in [0.1, 0.15) is 0 Å². The highest BCUT2D eigenvalue weighted by atomic mass is 15.3. The third kappa shape index (κ3) is 4.08. The largest absolute Gasteiger partial charge is 0.382 e. The monoisotopic (exact) mass is 284 g/mol. The van der Waals surface area contributed by atoms with E-state index in [4.69, 9.17) is 0 Å². The Bertz CT molecular complexity index is 532. The van der Waals surface area contributed by atoms with Gasteiger partial charge in [0.25, 0.3) is 0 Å². The summed E-state index contributed by atoms with van der Waals surface area (Å²) in [6.45, 7) is 3.25. The van der Waals surface area contributed by atoms with Crippen LogP contribution < -0.4 is 5.32 Å². The number of nitrogens with zero attached hydrogens (tertiary/aromatic N) is 3. The van der Waals surface area contributed by atoms with Gasteiger partial charge in [-0.3, -0.25) is 4.68 Å². The number of hydrogen-bond donors (Lipinski definition) is 1. The number of likely N-dealkylation sites (tertiary alicyclic amines) is 1. The van der Waals surface area contributed by atoms with Crippen LogP contribution in [0.3, 0.4) is 0 Å². The molecule has 1 aromatic carbocycles. The van der Waals surface area contributed by atoms with Crippen LogP contribution in [0.1, 0.15) is 24.8 Å². The van der Waals surface area contributed by atoms with Gasteiger partial charge in [0.2, 0.25) is 0 Å². The van der Waals surface area contributed by atoms with Crippen molar-refractivity contribution in [3.8, 4) is 0 Å². The van der Waals surface area contributed by atoms with Crippen molar-refractivity contribution < 1.29 is 0 Å². The van der Waals surface area contributed by atoms with E-state index in [0.29, 0.717) is 6.04 Å². The molecule has 1 atom stereocenters. The van der Waals surface area contributed by atoms with E-state index in [-0.39, 0.29) is 0 Å². The molecule has 0 spiro atoms. The Hall–Kier alpha value is -1.81. The van der Waals surface area contributed by atoms with Gasteiger partial charge in [0, 0.05) is 24.1 Å². The number of aromatic nitrogens is 2. The summed E-state index contributed by atoms with van der Waals surface area (Å²) in [5, 5.41) is 7.92. The highest BCUT2D eigenvalue weighted by Crippen LogP contribution is 2.17. The Morgan fingerprint density at radius 3 is 2.81 bits per heavy atom. The first kappa shape index (κ1) is 14.1. The zero-order chi connectivity index (χ0) is 14.5. The van der Waals surface area contributed by atoms with E-state index >= 15 is 0 Å². The van der Waals surface area contributed by atoms with Crippen molar-refractivity contribution in [2.75, 3.05) is 25.5 Å². The maximum atomic E-state index is 4.24. The Labute approximate surface area is 126 Å². The van der Waals surface area contributed by atoms with Crippen molar-refractivity contribution in [1.82, 2.24) is 14.7 Å². The van der Waals surface area contributed by atoms with Crippen molar-refractivity contribution in [2.45, 2.75) is 31.8 Å². The minimum Gasteiger partial charge on any atom is -0.382 e. The fourth-order valence-corrected chi connectivity index (χ4v) is 2.91. The summed E-state index contributed by atoms with van der Waals surface area (Å²) in [4.78, 5) is 2.43. The van der Waals surface area contributed by atoms with Gasteiger partial charge in [0.15, 0.2) is 0 Å². The number of hydrogen-bond acceptors (Lipinski definition) is 3. The van der Waals surface area contributed by atoms with Crippen LogP contribution in [0, 0.1) is 0 Å². The second-order valence-electron chi connectivity index (χ2n) is 5.98. The van der Waals surface area contributed by atoms with E-state index in [1.807, 2.05) is 23.1 Å². The van der Waals surface area contributed by atoms with Crippen molar-refractivity contribution in [3.05, 3.63) is 48.3 Å². The molecule has 2 heterocycles. The molecule has 3 rings (SSSR count). The fraction of sp³-hybridized carbons (Fsp3) is 0.471. The molecule has 1 N–H and O–H groups in total. The molecule has 4 nitrogen and oxygen atoms in total. The van der Waals surface area contributed by atoms with Crippen LogP contribution in [0.15, 0.2) is 42.7 Å². The topological polar surface area (TPSA) is 33.1 Å². The molecule has 0 bridgehead atoms. The summed E-state index contributed by atoms with van der Waals surface area (Å²) >= 11 is 0. The molecule has 1 aliphatic rings. The van der Waals surface area contributed by atoms with Gasteiger partial charge >= 0.3 is 0 Å². The molecule has 0 saturated carbocycles. The van der Waals surface area contributed by atoms with Crippen LogP contribution in [0.5, 0.6) is 0 Å². The third-order valence-electron chi connectivity index (χ3n) is 4.18. The molecule has 0 amide bonds. The zero-order valence-corrected chi connectivity index (χ0v) is 12.7. The fourth-order valence-electron chi connectivity index (χ4n) is 2.91. The molecule has 1 aromatic heterocycles. The lowest BCUT2D eigenvalue weighted by molar-refractivity contribution is 0.348. The van der Waals surface area contributed by atoms with E-state index in [0.717, 1.165) is 6.54 Å². The standard InChI is InChI=1S/C17H24N4/c1-20-11-2-4-16(9-13-20)19-17-7-5-15(6-8-17)14-21-12-3-10-18-21/h3,5-8,10,12,16,19H,2,4,9,11,13-14H2,1H3. The summed E-state index contributed by atoms with van der Waals surface area (Å²) in [6, 6.07) is 11.3. The Morgan fingerprint density at radius 1 is 1.19 bits per heavy atom. The highest BCUT2D eigenvalue weighted by Gasteiger charge is 2.14. The van der Waals surface area contributed by atoms with E-state index in [2.05, 4.69) is 46.6 Å². The summed E-state index contributed by atoms with van der Waals surface area (Å²) < 4.78 is 1.95. The van der Waals surface area contributed by atoms with Crippen LogP contribution in [-0.2, 0) is 6.54 Å². The molecule has 1 saturated heterocycles. The van der Waals surface area contributed by atoms with Crippen molar-refractivity contribution in [1.29, 1.82) is 0 Å². The highest BCUT2D eigenvalue weighted by molar-refractivity contribution is 5.45. The van der Waals surface area contributed by atoms with E-state index in [1.54, 1.807) is 0 Å². The second-order valence-corrected chi connectivity index (χ2v) is 5.98. The van der Waals surface area contributed by atoms with Gasteiger partial charge in [-0.15, -0.1) is 0 Å². The molecule has 2 aromatic rings. The van der Waals surface area contributed by atoms with Gasteiger partial charge in [-0.2, -0.15) is 5.10 Å². The first-order valence-corrected chi connectivity index (χ1v) is 7.81. The van der Waals surface area contributed by atoms with Gasteiger partial charge in [0.05, 0.1) is 6.54 Å². The van der Waals surface area contributed by atoms with Crippen LogP contribution in [-0.4, -0.2) is 40.9 Å². The Kier molecular flexibility index (Phi) is 4.55. The normalized spacial score (nSPS) is 20.1. The third-order valence-corrected chi connectivity index (χ3v) is 4.18. The second kappa shape index (κ2) is 6.76. The summed E-state index contributed by atoms with van der Waals surface area (Å²) in [7, 11) is 2.21. The molecular formula is C17H24N4. The van der Waals surface area contributed by atoms with E-state index < -0.39 is 0 Å². The number of anilines is 1. The summed E-state index contributed by atoms with van der Waals surface area (Å²) in [5.74, 6) is 0. The number of rotatable bonds is 4. The predicted octanol–water partition coefficient (Wildman–Crippen LogP) is 2.83. The van der Waals surface area contributed by atoms with Crippen molar-refractivity contribution >= 4 is 5.69 Å². The first-order chi connectivity index (χ1) is 10.3. The molecule has 0 radical (unpaired) electrons. The minimum atomic E-state index is 0.604. The van der Waals surface area contributed by atoms with Crippen LogP contribution in [0.25, 0.3) is 0 Å². The Morgan fingerprint density at radius 2 is 2.05 bits per heavy atom. The minimum absolute atomic E-state index is 0.604. The SMILES string of the molecule is CN1CCCC(Nc2ccc(Cn3cccn3)cc2)CC1. The van der Waals surface area contributed by atoms with Gasteiger partial charge in [-0.1, -0.05) is 12.1 Å². The smallest absolute Gasteiger partial charge is 0.0659 e. The predicted molar refractivity (Wildman–Crippen MR) is 86.5 cm³/mol. The molecule has 0 aliphatic carbocycles. The molecule has 1 aliphatic heterocycles. The lowest BCUT2D eigenvalue weighted by atomic mass is 10.1. The van der Waals surface area contributed by atoms with Crippen molar-refractivity contribution in [2.24, 2.45) is 0 Å². The van der Waals surface area contributed by atoms with E-state index in [9.17, 15) is 0 Å². The Balaban J connectivity index is 1.56. The molecule has 21 heavy (non-hydrogen) atoms.